The summed E-state index contributed by atoms with van der Waals surface area (Å²) in [7, 11) is 0. The monoisotopic (exact) mass is 427 g/mol. The topological polar surface area (TPSA) is 96.5 Å². The molecular weight excluding hydrogens is 402 g/mol. The van der Waals surface area contributed by atoms with Gasteiger partial charge in [-0.25, -0.2) is 9.69 Å². The Morgan fingerprint density at radius 3 is 2.45 bits per heavy atom. The van der Waals surface area contributed by atoms with Gasteiger partial charge in [0.25, 0.3) is 0 Å². The third kappa shape index (κ3) is 3.41. The lowest BCUT2D eigenvalue weighted by Crippen LogP contribution is -2.44. The first-order valence-corrected chi connectivity index (χ1v) is 10.9. The molecule has 9 heteroatoms. The highest BCUT2D eigenvalue weighted by Gasteiger charge is 2.49. The number of nitrogens with zero attached hydrogens (tertiary/aromatic N) is 3. The SMILES string of the molecule is O=C1C(=O)N(C2CCCC2)C(=O)N1CC(=O)N1CCC[C@@H]1c1ccc2c(c1)OCCO2. The molecule has 5 rings (SSSR count). The fraction of sp³-hybridized carbons (Fsp3) is 0.545. The van der Waals surface area contributed by atoms with Crippen molar-refractivity contribution in [3.63, 3.8) is 0 Å². The summed E-state index contributed by atoms with van der Waals surface area (Å²) in [6.07, 6.45) is 4.88. The number of hydrogen-bond acceptors (Lipinski definition) is 6. The third-order valence-electron chi connectivity index (χ3n) is 6.59. The van der Waals surface area contributed by atoms with E-state index in [2.05, 4.69) is 0 Å². The smallest absolute Gasteiger partial charge is 0.334 e. The number of hydrogen-bond donors (Lipinski definition) is 0. The van der Waals surface area contributed by atoms with Gasteiger partial charge in [-0.15, -0.1) is 0 Å². The molecule has 0 aromatic heterocycles. The number of rotatable bonds is 4. The lowest BCUT2D eigenvalue weighted by atomic mass is 10.0. The molecule has 3 fully saturated rings. The lowest BCUT2D eigenvalue weighted by molar-refractivity contribution is -0.145. The molecule has 1 aromatic carbocycles. The molecule has 31 heavy (non-hydrogen) atoms. The summed E-state index contributed by atoms with van der Waals surface area (Å²) in [5.74, 6) is -0.703. The Hall–Kier alpha value is -3.10. The van der Waals surface area contributed by atoms with Crippen LogP contribution in [0.15, 0.2) is 18.2 Å². The van der Waals surface area contributed by atoms with Crippen LogP contribution in [0.5, 0.6) is 11.5 Å². The van der Waals surface area contributed by atoms with Gasteiger partial charge in [0.15, 0.2) is 11.5 Å². The van der Waals surface area contributed by atoms with Crippen LogP contribution in [-0.4, -0.2) is 70.8 Å². The van der Waals surface area contributed by atoms with Gasteiger partial charge in [0.05, 0.1) is 6.04 Å². The van der Waals surface area contributed by atoms with Crippen molar-refractivity contribution in [2.24, 2.45) is 0 Å². The molecule has 0 unspecified atom stereocenters. The number of likely N-dealkylation sites (tertiary alicyclic amines) is 1. The number of carbonyl (C=O) groups is 4. The van der Waals surface area contributed by atoms with E-state index in [0.29, 0.717) is 44.1 Å². The van der Waals surface area contributed by atoms with Crippen LogP contribution in [0.3, 0.4) is 0 Å². The van der Waals surface area contributed by atoms with Crippen LogP contribution < -0.4 is 9.47 Å². The molecule has 1 atom stereocenters. The first-order chi connectivity index (χ1) is 15.0. The van der Waals surface area contributed by atoms with Crippen molar-refractivity contribution in [2.45, 2.75) is 50.6 Å². The van der Waals surface area contributed by atoms with Crippen LogP contribution in [0.25, 0.3) is 0 Å². The molecule has 0 bridgehead atoms. The Morgan fingerprint density at radius 1 is 0.935 bits per heavy atom. The Bertz CT molecular complexity index is 941. The molecule has 1 aliphatic carbocycles. The highest BCUT2D eigenvalue weighted by molar-refractivity contribution is 6.45. The Labute approximate surface area is 179 Å². The van der Waals surface area contributed by atoms with Gasteiger partial charge in [0.2, 0.25) is 5.91 Å². The van der Waals surface area contributed by atoms with E-state index >= 15 is 0 Å². The maximum absolute atomic E-state index is 13.1. The number of amides is 5. The van der Waals surface area contributed by atoms with Gasteiger partial charge in [-0.05, 0) is 43.4 Å². The summed E-state index contributed by atoms with van der Waals surface area (Å²) in [4.78, 5) is 54.3. The van der Waals surface area contributed by atoms with Crippen molar-refractivity contribution in [2.75, 3.05) is 26.3 Å². The second-order valence-electron chi connectivity index (χ2n) is 8.44. The highest BCUT2D eigenvalue weighted by Crippen LogP contribution is 2.38. The summed E-state index contributed by atoms with van der Waals surface area (Å²) in [5.41, 5.74) is 0.929. The van der Waals surface area contributed by atoms with Gasteiger partial charge in [-0.3, -0.25) is 19.3 Å². The molecule has 0 radical (unpaired) electrons. The first kappa shape index (κ1) is 19.8. The van der Waals surface area contributed by atoms with E-state index in [1.54, 1.807) is 4.90 Å². The second-order valence-corrected chi connectivity index (χ2v) is 8.44. The molecule has 9 nitrogen and oxygen atoms in total. The van der Waals surface area contributed by atoms with Crippen molar-refractivity contribution in [3.05, 3.63) is 23.8 Å². The molecule has 2 saturated heterocycles. The summed E-state index contributed by atoms with van der Waals surface area (Å²) >= 11 is 0. The number of imide groups is 2. The third-order valence-corrected chi connectivity index (χ3v) is 6.59. The number of fused-ring (bicyclic) bond motifs is 1. The number of urea groups is 1. The molecule has 164 valence electrons. The van der Waals surface area contributed by atoms with Crippen molar-refractivity contribution < 1.29 is 28.7 Å². The predicted molar refractivity (Wildman–Crippen MR) is 107 cm³/mol. The molecule has 0 N–H and O–H groups in total. The van der Waals surface area contributed by atoms with Gasteiger partial charge in [-0.1, -0.05) is 18.9 Å². The summed E-state index contributed by atoms with van der Waals surface area (Å²) < 4.78 is 11.2. The minimum atomic E-state index is -0.902. The second kappa shape index (κ2) is 7.86. The van der Waals surface area contributed by atoms with Gasteiger partial charge in [-0.2, -0.15) is 0 Å². The van der Waals surface area contributed by atoms with Crippen LogP contribution in [0.1, 0.15) is 50.1 Å². The van der Waals surface area contributed by atoms with Crippen molar-refractivity contribution in [3.8, 4) is 11.5 Å². The van der Waals surface area contributed by atoms with E-state index in [-0.39, 0.29) is 18.0 Å². The van der Waals surface area contributed by atoms with Gasteiger partial charge in [0.1, 0.15) is 19.8 Å². The zero-order chi connectivity index (χ0) is 21.5. The van der Waals surface area contributed by atoms with Crippen LogP contribution >= 0.6 is 0 Å². The maximum atomic E-state index is 13.1. The van der Waals surface area contributed by atoms with Gasteiger partial charge >= 0.3 is 17.8 Å². The molecule has 0 spiro atoms. The van der Waals surface area contributed by atoms with E-state index < -0.39 is 24.4 Å². The zero-order valence-electron chi connectivity index (χ0n) is 17.2. The molecule has 1 aromatic rings. The highest BCUT2D eigenvalue weighted by atomic mass is 16.6. The number of ether oxygens (including phenoxy) is 2. The van der Waals surface area contributed by atoms with E-state index in [1.165, 1.54) is 0 Å². The van der Waals surface area contributed by atoms with Gasteiger partial charge in [0, 0.05) is 12.6 Å². The minimum Gasteiger partial charge on any atom is -0.486 e. The lowest BCUT2D eigenvalue weighted by Gasteiger charge is -2.28. The number of benzene rings is 1. The Morgan fingerprint density at radius 2 is 1.68 bits per heavy atom. The summed E-state index contributed by atoms with van der Waals surface area (Å²) in [6, 6.07) is 4.59. The Kier molecular flexibility index (Phi) is 5.03. The van der Waals surface area contributed by atoms with Crippen molar-refractivity contribution in [1.29, 1.82) is 0 Å². The minimum absolute atomic E-state index is 0.169. The molecule has 3 heterocycles. The van der Waals surface area contributed by atoms with Crippen LogP contribution in [0.4, 0.5) is 4.79 Å². The van der Waals surface area contributed by atoms with E-state index in [1.807, 2.05) is 18.2 Å². The fourth-order valence-electron chi connectivity index (χ4n) is 5.05. The fourth-order valence-corrected chi connectivity index (χ4v) is 5.05. The molecule has 1 saturated carbocycles. The van der Waals surface area contributed by atoms with E-state index in [4.69, 9.17) is 9.47 Å². The quantitative estimate of drug-likeness (QED) is 0.538. The molecule has 4 aliphatic rings. The van der Waals surface area contributed by atoms with Crippen LogP contribution in [0, 0.1) is 0 Å². The van der Waals surface area contributed by atoms with Crippen LogP contribution in [-0.2, 0) is 14.4 Å². The average Bonchev–Trinajstić information content (AvgIpc) is 3.52. The normalized spacial score (nSPS) is 23.9. The largest absolute Gasteiger partial charge is 0.486 e. The molecule has 3 aliphatic heterocycles. The van der Waals surface area contributed by atoms with E-state index in [0.717, 1.165) is 41.0 Å². The standard InChI is InChI=1S/C22H25N3O6/c26-19(13-24-20(27)21(28)25(22(24)29)15-4-1-2-5-15)23-9-3-6-16(23)14-7-8-17-18(12-14)31-11-10-30-17/h7-8,12,15-16H,1-6,9-11,13H2/t16-/m1/s1. The summed E-state index contributed by atoms with van der Waals surface area (Å²) in [5, 5.41) is 0. The van der Waals surface area contributed by atoms with Crippen molar-refractivity contribution in [1.82, 2.24) is 14.7 Å². The van der Waals surface area contributed by atoms with Gasteiger partial charge < -0.3 is 14.4 Å². The summed E-state index contributed by atoms with van der Waals surface area (Å²) in [6.45, 7) is 1.12. The Balaban J connectivity index is 1.31. The predicted octanol–water partition coefficient (Wildman–Crippen LogP) is 1.85. The maximum Gasteiger partial charge on any atom is 0.334 e. The average molecular weight is 427 g/mol. The molecule has 5 amide bonds. The van der Waals surface area contributed by atoms with E-state index in [9.17, 15) is 19.2 Å². The molecular formula is C22H25N3O6. The first-order valence-electron chi connectivity index (χ1n) is 10.9. The van der Waals surface area contributed by atoms with Crippen LogP contribution in [0.2, 0.25) is 0 Å². The number of carbonyl (C=O) groups excluding carboxylic acids is 4. The van der Waals surface area contributed by atoms with Crippen molar-refractivity contribution >= 4 is 23.8 Å². The zero-order valence-corrected chi connectivity index (χ0v) is 17.2.